The van der Waals surface area contributed by atoms with E-state index < -0.39 is 0 Å². The molecule has 0 bridgehead atoms. The second-order valence-electron chi connectivity index (χ2n) is 6.27. The number of hydrogen-bond donors (Lipinski definition) is 2. The molecule has 0 atom stereocenters. The van der Waals surface area contributed by atoms with Gasteiger partial charge in [0.2, 0.25) is 0 Å². The van der Waals surface area contributed by atoms with E-state index in [4.69, 9.17) is 4.74 Å². The van der Waals surface area contributed by atoms with Crippen molar-refractivity contribution in [2.45, 2.75) is 13.0 Å². The summed E-state index contributed by atoms with van der Waals surface area (Å²) in [6, 6.07) is 17.5. The van der Waals surface area contributed by atoms with E-state index >= 15 is 0 Å². The molecule has 0 aliphatic carbocycles. The van der Waals surface area contributed by atoms with Crippen molar-refractivity contribution >= 4 is 11.6 Å². The van der Waals surface area contributed by atoms with Crippen LogP contribution < -0.4 is 15.4 Å². The highest BCUT2D eigenvalue weighted by atomic mass is 19.1. The van der Waals surface area contributed by atoms with Gasteiger partial charge in [-0.1, -0.05) is 24.3 Å². The molecular formula is C22H22FN3O2. The van der Waals surface area contributed by atoms with Crippen LogP contribution in [0.3, 0.4) is 0 Å². The zero-order chi connectivity index (χ0) is 19.8. The van der Waals surface area contributed by atoms with E-state index in [-0.39, 0.29) is 11.7 Å². The number of methoxy groups -OCH3 is 1. The van der Waals surface area contributed by atoms with Crippen molar-refractivity contribution in [2.24, 2.45) is 0 Å². The molecule has 1 heterocycles. The Kier molecular flexibility index (Phi) is 6.57. The van der Waals surface area contributed by atoms with Crippen LogP contribution >= 0.6 is 0 Å². The van der Waals surface area contributed by atoms with Gasteiger partial charge in [0.15, 0.2) is 0 Å². The molecule has 0 unspecified atom stereocenters. The number of nitrogens with one attached hydrogen (secondary N) is 2. The summed E-state index contributed by atoms with van der Waals surface area (Å²) in [7, 11) is 1.61. The maximum absolute atomic E-state index is 12.9. The molecule has 3 rings (SSSR count). The van der Waals surface area contributed by atoms with Crippen molar-refractivity contribution in [2.75, 3.05) is 19.0 Å². The van der Waals surface area contributed by atoms with E-state index in [2.05, 4.69) is 15.6 Å². The topological polar surface area (TPSA) is 63.2 Å². The van der Waals surface area contributed by atoms with E-state index in [0.717, 1.165) is 29.0 Å². The Morgan fingerprint density at radius 1 is 1.00 bits per heavy atom. The monoisotopic (exact) mass is 379 g/mol. The van der Waals surface area contributed by atoms with Gasteiger partial charge in [-0.05, 0) is 53.9 Å². The summed E-state index contributed by atoms with van der Waals surface area (Å²) in [5, 5.41) is 6.09. The lowest BCUT2D eigenvalue weighted by atomic mass is 10.1. The van der Waals surface area contributed by atoms with Crippen molar-refractivity contribution in [1.29, 1.82) is 0 Å². The van der Waals surface area contributed by atoms with Crippen LogP contribution in [0.5, 0.6) is 5.75 Å². The Hall–Kier alpha value is -3.41. The number of carbonyl (C=O) groups is 1. The van der Waals surface area contributed by atoms with Crippen LogP contribution in [0.15, 0.2) is 66.9 Å². The van der Waals surface area contributed by atoms with E-state index in [1.54, 1.807) is 31.5 Å². The van der Waals surface area contributed by atoms with Crippen LogP contribution in [0, 0.1) is 5.82 Å². The molecule has 1 amide bonds. The molecular weight excluding hydrogens is 357 g/mol. The lowest BCUT2D eigenvalue weighted by Crippen LogP contribution is -2.23. The highest BCUT2D eigenvalue weighted by Gasteiger charge is 2.07. The van der Waals surface area contributed by atoms with Gasteiger partial charge in [-0.2, -0.15) is 0 Å². The Morgan fingerprint density at radius 2 is 1.71 bits per heavy atom. The number of rotatable bonds is 8. The molecule has 3 aromatic rings. The molecule has 28 heavy (non-hydrogen) atoms. The van der Waals surface area contributed by atoms with Crippen molar-refractivity contribution in [3.63, 3.8) is 0 Å². The molecule has 0 saturated carbocycles. The molecule has 6 heteroatoms. The molecule has 0 radical (unpaired) electrons. The first-order valence-corrected chi connectivity index (χ1v) is 8.99. The smallest absolute Gasteiger partial charge is 0.270 e. The van der Waals surface area contributed by atoms with Crippen molar-refractivity contribution in [1.82, 2.24) is 10.3 Å². The maximum atomic E-state index is 12.9. The third kappa shape index (κ3) is 5.54. The second-order valence-corrected chi connectivity index (χ2v) is 6.27. The third-order valence-electron chi connectivity index (χ3n) is 4.26. The predicted molar refractivity (Wildman–Crippen MR) is 107 cm³/mol. The number of ether oxygens (including phenoxy) is 1. The predicted octanol–water partition coefficient (Wildman–Crippen LogP) is 3.81. The maximum Gasteiger partial charge on any atom is 0.270 e. The molecule has 0 fully saturated rings. The quantitative estimate of drug-likeness (QED) is 0.625. The summed E-state index contributed by atoms with van der Waals surface area (Å²) >= 11 is 0. The lowest BCUT2D eigenvalue weighted by Gasteiger charge is -2.08. The van der Waals surface area contributed by atoms with Crippen LogP contribution in [-0.2, 0) is 13.0 Å². The van der Waals surface area contributed by atoms with Gasteiger partial charge in [0.1, 0.15) is 17.3 Å². The normalized spacial score (nSPS) is 10.4. The van der Waals surface area contributed by atoms with Crippen molar-refractivity contribution in [3.8, 4) is 5.75 Å². The molecule has 5 nitrogen and oxygen atoms in total. The minimum Gasteiger partial charge on any atom is -0.497 e. The minimum absolute atomic E-state index is 0.228. The van der Waals surface area contributed by atoms with E-state index in [1.165, 1.54) is 12.1 Å². The first-order valence-electron chi connectivity index (χ1n) is 8.99. The van der Waals surface area contributed by atoms with Crippen LogP contribution in [-0.4, -0.2) is 24.5 Å². The number of pyridine rings is 1. The number of halogens is 1. The van der Waals surface area contributed by atoms with Crippen LogP contribution in [0.25, 0.3) is 0 Å². The van der Waals surface area contributed by atoms with Crippen molar-refractivity contribution in [3.05, 3.63) is 89.5 Å². The molecule has 0 aliphatic rings. The Morgan fingerprint density at radius 3 is 2.36 bits per heavy atom. The summed E-state index contributed by atoms with van der Waals surface area (Å²) in [5.74, 6) is 0.315. The molecule has 1 aromatic heterocycles. The Labute approximate surface area is 163 Å². The minimum atomic E-state index is -0.234. The largest absolute Gasteiger partial charge is 0.497 e. The second kappa shape index (κ2) is 9.50. The highest BCUT2D eigenvalue weighted by Crippen LogP contribution is 2.12. The number of hydrogen-bond acceptors (Lipinski definition) is 4. The Bertz CT molecular complexity index is 895. The van der Waals surface area contributed by atoms with Gasteiger partial charge >= 0.3 is 0 Å². The number of anilines is 1. The van der Waals surface area contributed by atoms with Crippen LogP contribution in [0.1, 0.15) is 21.6 Å². The number of benzene rings is 2. The summed E-state index contributed by atoms with van der Waals surface area (Å²) < 4.78 is 18.0. The fourth-order valence-electron chi connectivity index (χ4n) is 2.65. The highest BCUT2D eigenvalue weighted by molar-refractivity contribution is 5.92. The third-order valence-corrected chi connectivity index (χ3v) is 4.26. The fourth-order valence-corrected chi connectivity index (χ4v) is 2.65. The summed E-state index contributed by atoms with van der Waals surface area (Å²) in [4.78, 5) is 16.4. The number of amides is 1. The summed E-state index contributed by atoms with van der Waals surface area (Å²) in [5.41, 5.74) is 3.22. The SMILES string of the molecule is COc1ccc(CNC(=O)c2ccc(NCCc3ccc(F)cc3)cn2)cc1. The van der Waals surface area contributed by atoms with Gasteiger partial charge in [-0.15, -0.1) is 0 Å². The zero-order valence-corrected chi connectivity index (χ0v) is 15.6. The lowest BCUT2D eigenvalue weighted by molar-refractivity contribution is 0.0946. The van der Waals surface area contributed by atoms with Gasteiger partial charge in [-0.25, -0.2) is 9.37 Å². The summed E-state index contributed by atoms with van der Waals surface area (Å²) in [6.45, 7) is 1.11. The molecule has 0 saturated heterocycles. The van der Waals surface area contributed by atoms with E-state index in [0.29, 0.717) is 18.8 Å². The van der Waals surface area contributed by atoms with Gasteiger partial charge < -0.3 is 15.4 Å². The fraction of sp³-hybridized carbons (Fsp3) is 0.182. The standard InChI is InChI=1S/C22H22FN3O2/c1-28-20-9-4-17(5-10-20)14-26-22(27)21-11-8-19(15-25-21)24-13-12-16-2-6-18(23)7-3-16/h2-11,15,24H,12-14H2,1H3,(H,26,27). The van der Waals surface area contributed by atoms with Gasteiger partial charge in [-0.3, -0.25) is 4.79 Å². The number of carbonyl (C=O) groups excluding carboxylic acids is 1. The van der Waals surface area contributed by atoms with Crippen LogP contribution in [0.4, 0.5) is 10.1 Å². The molecule has 2 N–H and O–H groups in total. The summed E-state index contributed by atoms with van der Waals surface area (Å²) in [6.07, 6.45) is 2.40. The van der Waals surface area contributed by atoms with Gasteiger partial charge in [0.05, 0.1) is 19.0 Å². The molecule has 0 aliphatic heterocycles. The Balaban J connectivity index is 1.46. The van der Waals surface area contributed by atoms with Gasteiger partial charge in [0.25, 0.3) is 5.91 Å². The van der Waals surface area contributed by atoms with E-state index in [9.17, 15) is 9.18 Å². The molecule has 144 valence electrons. The average Bonchev–Trinajstić information content (AvgIpc) is 2.74. The zero-order valence-electron chi connectivity index (χ0n) is 15.6. The molecule has 2 aromatic carbocycles. The van der Waals surface area contributed by atoms with Gasteiger partial charge in [0, 0.05) is 13.1 Å². The van der Waals surface area contributed by atoms with Crippen LogP contribution in [0.2, 0.25) is 0 Å². The molecule has 0 spiro atoms. The average molecular weight is 379 g/mol. The first-order chi connectivity index (χ1) is 13.6. The van der Waals surface area contributed by atoms with E-state index in [1.807, 2.05) is 30.3 Å². The number of nitrogens with zero attached hydrogens (tertiary/aromatic N) is 1. The number of aromatic nitrogens is 1. The van der Waals surface area contributed by atoms with Crippen molar-refractivity contribution < 1.29 is 13.9 Å². The first kappa shape index (κ1) is 19.4.